The van der Waals surface area contributed by atoms with Gasteiger partial charge in [-0.25, -0.2) is 4.39 Å². The fourth-order valence-electron chi connectivity index (χ4n) is 1.61. The van der Waals surface area contributed by atoms with Gasteiger partial charge in [0.15, 0.2) is 0 Å². The Morgan fingerprint density at radius 1 is 1.44 bits per heavy atom. The number of anilines is 1. The zero-order chi connectivity index (χ0) is 13.2. The van der Waals surface area contributed by atoms with Gasteiger partial charge in [-0.15, -0.1) is 0 Å². The lowest BCUT2D eigenvalue weighted by molar-refractivity contribution is -0.114. The van der Waals surface area contributed by atoms with E-state index in [4.69, 9.17) is 17.3 Å². The van der Waals surface area contributed by atoms with Crippen molar-refractivity contribution in [2.24, 2.45) is 16.1 Å². The molecule has 0 unspecified atom stereocenters. The zero-order valence-corrected chi connectivity index (χ0v) is 10.4. The molecule has 96 valence electrons. The van der Waals surface area contributed by atoms with Crippen molar-refractivity contribution in [2.45, 2.75) is 12.8 Å². The number of carbonyl (C=O) groups excluding carboxylic acids is 1. The van der Waals surface area contributed by atoms with E-state index in [-0.39, 0.29) is 18.3 Å². The quantitative estimate of drug-likeness (QED) is 0.489. The van der Waals surface area contributed by atoms with Crippen LogP contribution in [0.2, 0.25) is 0 Å². The number of benzene rings is 1. The standard InChI is InChI=1S/C12H13ClFN3O/c13-10(18)12(5-6-12)11(15)17-7-16-9-3-1-8(14)2-4-9/h1-4,16H,5-7H2,(H2,15,17). The highest BCUT2D eigenvalue weighted by Gasteiger charge is 2.52. The summed E-state index contributed by atoms with van der Waals surface area (Å²) in [4.78, 5) is 15.3. The second-order valence-electron chi connectivity index (χ2n) is 4.24. The molecule has 18 heavy (non-hydrogen) atoms. The molecule has 3 N–H and O–H groups in total. The van der Waals surface area contributed by atoms with Crippen molar-refractivity contribution in [3.63, 3.8) is 0 Å². The summed E-state index contributed by atoms with van der Waals surface area (Å²) in [6, 6.07) is 5.89. The van der Waals surface area contributed by atoms with Gasteiger partial charge in [-0.05, 0) is 48.7 Å². The van der Waals surface area contributed by atoms with Gasteiger partial charge in [0.2, 0.25) is 5.24 Å². The lowest BCUT2D eigenvalue weighted by atomic mass is 10.1. The summed E-state index contributed by atoms with van der Waals surface area (Å²) in [5.41, 5.74) is 5.74. The van der Waals surface area contributed by atoms with Gasteiger partial charge in [0.1, 0.15) is 23.7 Å². The molecule has 0 heterocycles. The smallest absolute Gasteiger partial charge is 0.235 e. The number of hydrogen-bond donors (Lipinski definition) is 2. The predicted molar refractivity (Wildman–Crippen MR) is 69.0 cm³/mol. The van der Waals surface area contributed by atoms with E-state index in [1.807, 2.05) is 0 Å². The molecule has 1 saturated carbocycles. The largest absolute Gasteiger partial charge is 0.387 e. The van der Waals surface area contributed by atoms with Crippen LogP contribution in [0.4, 0.5) is 10.1 Å². The fraction of sp³-hybridized carbons (Fsp3) is 0.333. The Morgan fingerprint density at radius 3 is 2.56 bits per heavy atom. The lowest BCUT2D eigenvalue weighted by Crippen LogP contribution is -2.30. The molecular formula is C12H13ClFN3O. The Hall–Kier alpha value is -1.62. The number of nitrogens with zero attached hydrogens (tertiary/aromatic N) is 1. The molecule has 0 aliphatic heterocycles. The van der Waals surface area contributed by atoms with Crippen molar-refractivity contribution in [1.82, 2.24) is 0 Å². The van der Waals surface area contributed by atoms with Gasteiger partial charge >= 0.3 is 0 Å². The van der Waals surface area contributed by atoms with Crippen LogP contribution in [0.1, 0.15) is 12.8 Å². The van der Waals surface area contributed by atoms with Crippen LogP contribution >= 0.6 is 11.6 Å². The molecule has 0 atom stereocenters. The van der Waals surface area contributed by atoms with Crippen LogP contribution in [0.5, 0.6) is 0 Å². The Bertz CT molecular complexity index is 483. The third kappa shape index (κ3) is 2.61. The summed E-state index contributed by atoms with van der Waals surface area (Å²) in [6.07, 6.45) is 1.31. The monoisotopic (exact) mass is 269 g/mol. The van der Waals surface area contributed by atoms with Gasteiger partial charge < -0.3 is 11.1 Å². The molecule has 2 rings (SSSR count). The van der Waals surface area contributed by atoms with Crippen LogP contribution in [-0.4, -0.2) is 17.7 Å². The first-order valence-electron chi connectivity index (χ1n) is 5.54. The number of nitrogens with two attached hydrogens (primary N) is 1. The SMILES string of the molecule is NC(=NCNc1ccc(F)cc1)C1(C(=O)Cl)CC1. The van der Waals surface area contributed by atoms with E-state index in [2.05, 4.69) is 10.3 Å². The fourth-order valence-corrected chi connectivity index (χ4v) is 1.90. The topological polar surface area (TPSA) is 67.5 Å². The highest BCUT2D eigenvalue weighted by atomic mass is 35.5. The van der Waals surface area contributed by atoms with Gasteiger partial charge in [0.05, 0.1) is 0 Å². The molecule has 1 fully saturated rings. The second kappa shape index (κ2) is 4.94. The molecule has 0 amide bonds. The highest BCUT2D eigenvalue weighted by molar-refractivity contribution is 6.67. The van der Waals surface area contributed by atoms with Crippen molar-refractivity contribution in [1.29, 1.82) is 0 Å². The number of amidine groups is 1. The average Bonchev–Trinajstić information content (AvgIpc) is 3.13. The maximum Gasteiger partial charge on any atom is 0.235 e. The number of hydrogen-bond acceptors (Lipinski definition) is 3. The van der Waals surface area contributed by atoms with Crippen molar-refractivity contribution < 1.29 is 9.18 Å². The van der Waals surface area contributed by atoms with Crippen molar-refractivity contribution in [3.05, 3.63) is 30.1 Å². The summed E-state index contributed by atoms with van der Waals surface area (Å²) in [5, 5.41) is 2.50. The highest BCUT2D eigenvalue weighted by Crippen LogP contribution is 2.47. The third-order valence-electron chi connectivity index (χ3n) is 2.99. The van der Waals surface area contributed by atoms with Crippen molar-refractivity contribution in [2.75, 3.05) is 12.0 Å². The van der Waals surface area contributed by atoms with Crippen LogP contribution in [0, 0.1) is 11.2 Å². The number of carbonyl (C=O) groups is 1. The molecule has 0 spiro atoms. The molecule has 6 heteroatoms. The van der Waals surface area contributed by atoms with Crippen molar-refractivity contribution in [3.8, 4) is 0 Å². The molecule has 1 aliphatic carbocycles. The Labute approximate surface area is 109 Å². The normalized spacial score (nSPS) is 17.3. The van der Waals surface area contributed by atoms with E-state index >= 15 is 0 Å². The van der Waals surface area contributed by atoms with Gasteiger partial charge in [0, 0.05) is 5.69 Å². The van der Waals surface area contributed by atoms with Crippen molar-refractivity contribution >= 4 is 28.4 Å². The number of rotatable bonds is 5. The third-order valence-corrected chi connectivity index (χ3v) is 3.36. The molecule has 1 aliphatic rings. The van der Waals surface area contributed by atoms with Gasteiger partial charge in [-0.3, -0.25) is 9.79 Å². The Morgan fingerprint density at radius 2 is 2.06 bits per heavy atom. The zero-order valence-electron chi connectivity index (χ0n) is 9.62. The van der Waals surface area contributed by atoms with E-state index in [0.717, 1.165) is 5.69 Å². The van der Waals surface area contributed by atoms with E-state index in [9.17, 15) is 9.18 Å². The first-order valence-corrected chi connectivity index (χ1v) is 5.92. The summed E-state index contributed by atoms with van der Waals surface area (Å²) in [7, 11) is 0. The molecule has 0 saturated heterocycles. The minimum Gasteiger partial charge on any atom is -0.387 e. The van der Waals surface area contributed by atoms with Crippen LogP contribution < -0.4 is 11.1 Å². The van der Waals surface area contributed by atoms with E-state index in [0.29, 0.717) is 12.8 Å². The van der Waals surface area contributed by atoms with Gasteiger partial charge in [-0.2, -0.15) is 0 Å². The summed E-state index contributed by atoms with van der Waals surface area (Å²) in [5.74, 6) is -0.0367. The second-order valence-corrected chi connectivity index (χ2v) is 4.58. The Balaban J connectivity index is 1.92. The summed E-state index contributed by atoms with van der Waals surface area (Å²) >= 11 is 5.48. The lowest BCUT2D eigenvalue weighted by Gasteiger charge is -2.09. The number of halogens is 2. The van der Waals surface area contributed by atoms with Crippen LogP contribution in [-0.2, 0) is 4.79 Å². The predicted octanol–water partition coefficient (Wildman–Crippen LogP) is 2.10. The van der Waals surface area contributed by atoms with Crippen LogP contribution in [0.3, 0.4) is 0 Å². The molecular weight excluding hydrogens is 257 g/mol. The summed E-state index contributed by atoms with van der Waals surface area (Å²) < 4.78 is 12.7. The molecule has 1 aromatic rings. The molecule has 0 aromatic heterocycles. The van der Waals surface area contributed by atoms with Gasteiger partial charge in [0.25, 0.3) is 0 Å². The first-order chi connectivity index (χ1) is 8.54. The van der Waals surface area contributed by atoms with Gasteiger partial charge in [-0.1, -0.05) is 0 Å². The molecule has 0 radical (unpaired) electrons. The van der Waals surface area contributed by atoms with E-state index in [1.54, 1.807) is 12.1 Å². The maximum atomic E-state index is 12.7. The van der Waals surface area contributed by atoms with E-state index < -0.39 is 10.7 Å². The molecule has 4 nitrogen and oxygen atoms in total. The molecule has 1 aromatic carbocycles. The number of nitrogens with one attached hydrogen (secondary N) is 1. The van der Waals surface area contributed by atoms with E-state index in [1.165, 1.54) is 12.1 Å². The summed E-state index contributed by atoms with van der Waals surface area (Å²) in [6.45, 7) is 0.226. The minimum atomic E-state index is -0.744. The molecule has 0 bridgehead atoms. The average molecular weight is 270 g/mol. The first kappa shape index (κ1) is 12.8. The van der Waals surface area contributed by atoms with Crippen LogP contribution in [0.25, 0.3) is 0 Å². The maximum absolute atomic E-state index is 12.7. The minimum absolute atomic E-state index is 0.226. The Kier molecular flexibility index (Phi) is 3.52. The number of aliphatic imine (C=N–C) groups is 1. The van der Waals surface area contributed by atoms with Crippen LogP contribution in [0.15, 0.2) is 29.3 Å².